The minimum absolute atomic E-state index is 0.170. The minimum atomic E-state index is -0.170. The van der Waals surface area contributed by atoms with Gasteiger partial charge >= 0.3 is 0 Å². The topological polar surface area (TPSA) is 24.9 Å². The van der Waals surface area contributed by atoms with Crippen molar-refractivity contribution in [3.8, 4) is 0 Å². The fourth-order valence-electron chi connectivity index (χ4n) is 2.26. The van der Waals surface area contributed by atoms with E-state index in [-0.39, 0.29) is 5.82 Å². The van der Waals surface area contributed by atoms with Crippen molar-refractivity contribution in [3.63, 3.8) is 0 Å². The van der Waals surface area contributed by atoms with E-state index in [0.717, 1.165) is 28.4 Å². The number of hydrogen-bond donors (Lipinski definition) is 1. The molecule has 1 aromatic carbocycles. The number of aryl methyl sites for hydroxylation is 2. The summed E-state index contributed by atoms with van der Waals surface area (Å²) in [4.78, 5) is 5.07. The van der Waals surface area contributed by atoms with E-state index in [1.165, 1.54) is 24.6 Å². The van der Waals surface area contributed by atoms with Crippen LogP contribution in [-0.2, 0) is 6.54 Å². The zero-order valence-electron chi connectivity index (χ0n) is 12.3. The summed E-state index contributed by atoms with van der Waals surface area (Å²) in [5.74, 6) is -0.170. The Labute approximate surface area is 129 Å². The highest BCUT2D eigenvalue weighted by Crippen LogP contribution is 2.30. The van der Waals surface area contributed by atoms with Crippen molar-refractivity contribution in [2.24, 2.45) is 0 Å². The zero-order valence-corrected chi connectivity index (χ0v) is 13.1. The molecule has 1 aliphatic rings. The van der Waals surface area contributed by atoms with Crippen molar-refractivity contribution >= 4 is 11.8 Å². The molecule has 2 nitrogen and oxygen atoms in total. The fraction of sp³-hybridized carbons (Fsp3) is 0.353. The number of benzene rings is 1. The Kier molecular flexibility index (Phi) is 4.27. The Morgan fingerprint density at radius 1 is 1.24 bits per heavy atom. The van der Waals surface area contributed by atoms with Crippen LogP contribution >= 0.6 is 11.8 Å². The van der Waals surface area contributed by atoms with Crippen molar-refractivity contribution < 1.29 is 4.39 Å². The van der Waals surface area contributed by atoms with Crippen molar-refractivity contribution in [3.05, 3.63) is 53.0 Å². The summed E-state index contributed by atoms with van der Waals surface area (Å²) < 4.78 is 14.2. The smallest absolute Gasteiger partial charge is 0.137 e. The van der Waals surface area contributed by atoms with Gasteiger partial charge in [-0.15, -0.1) is 0 Å². The number of aromatic nitrogens is 1. The SMILES string of the molecule is Cc1cc(C)nc(Sc2ccc(CNC3CC3)cc2F)c1. The Morgan fingerprint density at radius 2 is 2.05 bits per heavy atom. The molecule has 0 bridgehead atoms. The zero-order chi connectivity index (χ0) is 14.8. The Balaban J connectivity index is 1.72. The van der Waals surface area contributed by atoms with Crippen LogP contribution in [0.1, 0.15) is 29.7 Å². The van der Waals surface area contributed by atoms with Crippen LogP contribution in [0, 0.1) is 19.7 Å². The van der Waals surface area contributed by atoms with Crippen molar-refractivity contribution in [1.29, 1.82) is 0 Å². The van der Waals surface area contributed by atoms with Crippen molar-refractivity contribution in [2.45, 2.75) is 49.2 Å². The van der Waals surface area contributed by atoms with Crippen molar-refractivity contribution in [1.82, 2.24) is 10.3 Å². The summed E-state index contributed by atoms with van der Waals surface area (Å²) in [6.07, 6.45) is 2.49. The van der Waals surface area contributed by atoms with Gasteiger partial charge in [-0.2, -0.15) is 0 Å². The van der Waals surface area contributed by atoms with Crippen LogP contribution in [0.5, 0.6) is 0 Å². The fourth-order valence-corrected chi connectivity index (χ4v) is 3.21. The van der Waals surface area contributed by atoms with Gasteiger partial charge in [0.15, 0.2) is 0 Å². The average Bonchev–Trinajstić information content (AvgIpc) is 3.22. The quantitative estimate of drug-likeness (QED) is 0.894. The first-order chi connectivity index (χ1) is 10.1. The largest absolute Gasteiger partial charge is 0.310 e. The van der Waals surface area contributed by atoms with Gasteiger partial charge in [0.05, 0.1) is 0 Å². The van der Waals surface area contributed by atoms with Crippen LogP contribution in [0.25, 0.3) is 0 Å². The molecule has 110 valence electrons. The predicted molar refractivity (Wildman–Crippen MR) is 84.1 cm³/mol. The first-order valence-corrected chi connectivity index (χ1v) is 8.07. The molecule has 4 heteroatoms. The van der Waals surface area contributed by atoms with Gasteiger partial charge in [0, 0.05) is 23.2 Å². The van der Waals surface area contributed by atoms with Gasteiger partial charge in [-0.1, -0.05) is 17.8 Å². The van der Waals surface area contributed by atoms with Crippen molar-refractivity contribution in [2.75, 3.05) is 0 Å². The number of rotatable bonds is 5. The highest BCUT2D eigenvalue weighted by molar-refractivity contribution is 7.99. The Bertz CT molecular complexity index is 633. The van der Waals surface area contributed by atoms with Crippen LogP contribution in [0.4, 0.5) is 4.39 Å². The van der Waals surface area contributed by atoms with E-state index in [2.05, 4.69) is 10.3 Å². The van der Waals surface area contributed by atoms with Gasteiger partial charge in [-0.05, 0) is 62.1 Å². The van der Waals surface area contributed by atoms with Gasteiger partial charge in [-0.3, -0.25) is 0 Å². The highest BCUT2D eigenvalue weighted by Gasteiger charge is 2.20. The van der Waals surface area contributed by atoms with E-state index in [1.807, 2.05) is 38.1 Å². The van der Waals surface area contributed by atoms with E-state index >= 15 is 0 Å². The van der Waals surface area contributed by atoms with Gasteiger partial charge in [-0.25, -0.2) is 9.37 Å². The summed E-state index contributed by atoms with van der Waals surface area (Å²) in [6, 6.07) is 10.1. The van der Waals surface area contributed by atoms with Gasteiger partial charge in [0.2, 0.25) is 0 Å². The molecule has 21 heavy (non-hydrogen) atoms. The number of halogens is 1. The molecule has 0 aliphatic heterocycles. The number of nitrogens with one attached hydrogen (secondary N) is 1. The summed E-state index contributed by atoms with van der Waals surface area (Å²) in [6.45, 7) is 4.73. The maximum absolute atomic E-state index is 14.2. The summed E-state index contributed by atoms with van der Waals surface area (Å²) in [5, 5.41) is 4.24. The average molecular weight is 302 g/mol. The third-order valence-corrected chi connectivity index (χ3v) is 4.43. The highest BCUT2D eigenvalue weighted by atomic mass is 32.2. The second kappa shape index (κ2) is 6.16. The summed E-state index contributed by atoms with van der Waals surface area (Å²) in [5.41, 5.74) is 3.11. The molecule has 0 unspecified atom stereocenters. The second-order valence-corrected chi connectivity index (χ2v) is 6.71. The molecule has 1 saturated carbocycles. The van der Waals surface area contributed by atoms with E-state index in [4.69, 9.17) is 0 Å². The minimum Gasteiger partial charge on any atom is -0.310 e. The lowest BCUT2D eigenvalue weighted by Crippen LogP contribution is -2.15. The molecule has 0 saturated heterocycles. The third kappa shape index (κ3) is 4.05. The van der Waals surface area contributed by atoms with E-state index in [9.17, 15) is 4.39 Å². The first kappa shape index (κ1) is 14.5. The lowest BCUT2D eigenvalue weighted by atomic mass is 10.2. The molecule has 2 aromatic rings. The molecule has 1 heterocycles. The molecule has 1 aliphatic carbocycles. The van der Waals surface area contributed by atoms with E-state index in [1.54, 1.807) is 6.07 Å². The number of nitrogens with zero attached hydrogens (tertiary/aromatic N) is 1. The summed E-state index contributed by atoms with van der Waals surface area (Å²) >= 11 is 1.38. The summed E-state index contributed by atoms with van der Waals surface area (Å²) in [7, 11) is 0. The molecule has 3 rings (SSSR count). The maximum atomic E-state index is 14.2. The molecular weight excluding hydrogens is 283 g/mol. The van der Waals surface area contributed by atoms with Gasteiger partial charge in [0.1, 0.15) is 10.8 Å². The maximum Gasteiger partial charge on any atom is 0.137 e. The van der Waals surface area contributed by atoms with Crippen LogP contribution < -0.4 is 5.32 Å². The molecule has 1 fully saturated rings. The normalized spacial score (nSPS) is 14.4. The molecule has 0 radical (unpaired) electrons. The molecule has 0 amide bonds. The molecule has 0 spiro atoms. The monoisotopic (exact) mass is 302 g/mol. The lowest BCUT2D eigenvalue weighted by molar-refractivity contribution is 0.595. The number of hydrogen-bond acceptors (Lipinski definition) is 3. The first-order valence-electron chi connectivity index (χ1n) is 7.25. The number of pyridine rings is 1. The van der Waals surface area contributed by atoms with E-state index in [0.29, 0.717) is 10.9 Å². The van der Waals surface area contributed by atoms with Crippen LogP contribution in [0.15, 0.2) is 40.3 Å². The standard InChI is InChI=1S/C17H19FN2S/c1-11-7-12(2)20-17(8-11)21-16-6-3-13(9-15(16)18)10-19-14-4-5-14/h3,6-9,14,19H,4-5,10H2,1-2H3. The third-order valence-electron chi connectivity index (χ3n) is 3.46. The molecule has 1 N–H and O–H groups in total. The van der Waals surface area contributed by atoms with Gasteiger partial charge < -0.3 is 5.32 Å². The van der Waals surface area contributed by atoms with Crippen LogP contribution in [0.2, 0.25) is 0 Å². The van der Waals surface area contributed by atoms with Crippen LogP contribution in [-0.4, -0.2) is 11.0 Å². The van der Waals surface area contributed by atoms with Crippen LogP contribution in [0.3, 0.4) is 0 Å². The predicted octanol–water partition coefficient (Wildman–Crippen LogP) is 4.24. The van der Waals surface area contributed by atoms with E-state index < -0.39 is 0 Å². The molecular formula is C17H19FN2S. The van der Waals surface area contributed by atoms with Gasteiger partial charge in [0.25, 0.3) is 0 Å². The molecule has 1 aromatic heterocycles. The lowest BCUT2D eigenvalue weighted by Gasteiger charge is -2.08. The second-order valence-electron chi connectivity index (χ2n) is 5.65. The Hall–Kier alpha value is -1.39. The Morgan fingerprint density at radius 3 is 2.71 bits per heavy atom. The molecule has 0 atom stereocenters.